The fourth-order valence-electron chi connectivity index (χ4n) is 9.44. The van der Waals surface area contributed by atoms with Crippen LogP contribution in [0.3, 0.4) is 0 Å². The van der Waals surface area contributed by atoms with Crippen LogP contribution in [0.4, 0.5) is 0 Å². The Labute approximate surface area is 254 Å². The van der Waals surface area contributed by atoms with Crippen LogP contribution in [0.2, 0.25) is 0 Å². The van der Waals surface area contributed by atoms with Crippen molar-refractivity contribution in [2.75, 3.05) is 26.8 Å². The predicted octanol–water partition coefficient (Wildman–Crippen LogP) is 5.20. The van der Waals surface area contributed by atoms with Crippen molar-refractivity contribution >= 4 is 11.8 Å². The first kappa shape index (κ1) is 30.1. The average molecular weight is 592 g/mol. The molecule has 0 amide bonds. The molecule has 0 bridgehead atoms. The number of Topliss-reactive ketones (excluding diaryl/α,β-unsaturated/α-hetero) is 1. The van der Waals surface area contributed by atoms with Gasteiger partial charge in [0.15, 0.2) is 0 Å². The lowest BCUT2D eigenvalue weighted by atomic mass is 9.40. The second kappa shape index (κ2) is 10.9. The Morgan fingerprint density at radius 1 is 1.09 bits per heavy atom. The van der Waals surface area contributed by atoms with Gasteiger partial charge in [-0.15, -0.1) is 0 Å². The van der Waals surface area contributed by atoms with E-state index in [4.69, 9.17) is 18.6 Å². The Balaban J connectivity index is 1.27. The summed E-state index contributed by atoms with van der Waals surface area (Å²) in [5, 5.41) is 14.9. The Morgan fingerprint density at radius 3 is 2.63 bits per heavy atom. The van der Waals surface area contributed by atoms with Gasteiger partial charge in [-0.25, -0.2) is 4.79 Å². The molecule has 4 aliphatic rings. The van der Waals surface area contributed by atoms with E-state index in [1.54, 1.807) is 25.7 Å². The quantitative estimate of drug-likeness (QED) is 0.303. The summed E-state index contributed by atoms with van der Waals surface area (Å²) in [6, 6.07) is 9.94. The number of nitrogens with one attached hydrogen (secondary N) is 1. The summed E-state index contributed by atoms with van der Waals surface area (Å²) >= 11 is 0. The van der Waals surface area contributed by atoms with Crippen molar-refractivity contribution in [3.63, 3.8) is 0 Å². The summed E-state index contributed by atoms with van der Waals surface area (Å²) in [5.74, 6) is 0.245. The van der Waals surface area contributed by atoms with Gasteiger partial charge in [0.1, 0.15) is 17.6 Å². The number of esters is 1. The summed E-state index contributed by atoms with van der Waals surface area (Å²) in [6.45, 7) is 9.71. The average Bonchev–Trinajstić information content (AvgIpc) is 3.59. The molecule has 2 aliphatic carbocycles. The van der Waals surface area contributed by atoms with Gasteiger partial charge in [0, 0.05) is 34.8 Å². The number of aliphatic hydroxyl groups is 1. The Hall–Kier alpha value is -2.94. The summed E-state index contributed by atoms with van der Waals surface area (Å²) in [4.78, 5) is 27.4. The fourth-order valence-corrected chi connectivity index (χ4v) is 9.44. The minimum Gasteiger partial charge on any atom is -0.497 e. The molecular weight excluding hydrogens is 546 g/mol. The molecule has 2 unspecified atom stereocenters. The van der Waals surface area contributed by atoms with E-state index in [2.05, 4.69) is 38.2 Å². The fraction of sp³-hybridized carbons (Fsp3) is 0.600. The van der Waals surface area contributed by atoms with Crippen molar-refractivity contribution in [2.24, 2.45) is 28.1 Å². The Kier molecular flexibility index (Phi) is 7.63. The third-order valence-electron chi connectivity index (χ3n) is 11.5. The van der Waals surface area contributed by atoms with Gasteiger partial charge in [-0.3, -0.25) is 4.79 Å². The zero-order valence-electron chi connectivity index (χ0n) is 26.0. The highest BCUT2D eigenvalue weighted by molar-refractivity contribution is 5.94. The number of ether oxygens (including phenoxy) is 3. The minimum atomic E-state index is -0.921. The first-order valence-electron chi connectivity index (χ1n) is 15.6. The topological polar surface area (TPSA) is 107 Å². The number of benzene rings is 1. The maximum absolute atomic E-state index is 14.4. The first-order valence-corrected chi connectivity index (χ1v) is 15.6. The number of aliphatic hydroxyl groups excluding tert-OH is 1. The summed E-state index contributed by atoms with van der Waals surface area (Å²) < 4.78 is 23.4. The lowest BCUT2D eigenvalue weighted by Crippen LogP contribution is -2.64. The van der Waals surface area contributed by atoms with E-state index < -0.39 is 33.9 Å². The molecule has 1 aromatic carbocycles. The van der Waals surface area contributed by atoms with E-state index in [-0.39, 0.29) is 30.3 Å². The molecule has 43 heavy (non-hydrogen) atoms. The van der Waals surface area contributed by atoms with Gasteiger partial charge in [0.25, 0.3) is 0 Å². The molecule has 0 spiro atoms. The molecule has 3 fully saturated rings. The maximum atomic E-state index is 14.4. The van der Waals surface area contributed by atoms with E-state index in [9.17, 15) is 14.7 Å². The van der Waals surface area contributed by atoms with Crippen molar-refractivity contribution in [1.82, 2.24) is 5.32 Å². The Bertz CT molecular complexity index is 1400. The molecular formula is C35H45NO7. The molecule has 2 N–H and O–H groups in total. The second-order valence-electron chi connectivity index (χ2n) is 13.9. The number of ketones is 1. The first-order chi connectivity index (χ1) is 20.5. The molecule has 6 rings (SSSR count). The molecule has 2 saturated carbocycles. The van der Waals surface area contributed by atoms with Crippen LogP contribution in [0.25, 0.3) is 0 Å². The monoisotopic (exact) mass is 591 g/mol. The zero-order valence-corrected chi connectivity index (χ0v) is 26.0. The molecule has 7 atom stereocenters. The van der Waals surface area contributed by atoms with Crippen molar-refractivity contribution in [3.8, 4) is 5.75 Å². The highest BCUT2D eigenvalue weighted by Crippen LogP contribution is 2.71. The van der Waals surface area contributed by atoms with Crippen LogP contribution in [-0.4, -0.2) is 55.4 Å². The van der Waals surface area contributed by atoms with Gasteiger partial charge < -0.3 is 29.1 Å². The van der Waals surface area contributed by atoms with Crippen LogP contribution in [0.5, 0.6) is 5.75 Å². The van der Waals surface area contributed by atoms with Crippen molar-refractivity contribution in [2.45, 2.75) is 77.6 Å². The molecule has 0 radical (unpaired) electrons. The molecule has 2 aliphatic heterocycles. The number of carbonyl (C=O) groups excluding carboxylic acids is 2. The van der Waals surface area contributed by atoms with Crippen molar-refractivity contribution in [1.29, 1.82) is 0 Å². The second-order valence-corrected chi connectivity index (χ2v) is 13.9. The molecule has 232 valence electrons. The highest BCUT2D eigenvalue weighted by atomic mass is 16.5. The smallest absolute Gasteiger partial charge is 0.331 e. The van der Waals surface area contributed by atoms with Gasteiger partial charge in [-0.05, 0) is 94.8 Å². The van der Waals surface area contributed by atoms with Gasteiger partial charge in [0.2, 0.25) is 0 Å². The number of fused-ring (bicyclic) bond motifs is 5. The van der Waals surface area contributed by atoms with Crippen LogP contribution in [0.15, 0.2) is 58.9 Å². The van der Waals surface area contributed by atoms with Crippen molar-refractivity contribution in [3.05, 3.63) is 65.6 Å². The number of hydrogen-bond acceptors (Lipinski definition) is 8. The van der Waals surface area contributed by atoms with Crippen LogP contribution >= 0.6 is 0 Å². The summed E-state index contributed by atoms with van der Waals surface area (Å²) in [7, 11) is 1.68. The Morgan fingerprint density at radius 2 is 1.91 bits per heavy atom. The van der Waals surface area contributed by atoms with Gasteiger partial charge in [-0.2, -0.15) is 0 Å². The van der Waals surface area contributed by atoms with Crippen LogP contribution in [0.1, 0.15) is 70.6 Å². The predicted molar refractivity (Wildman–Crippen MR) is 160 cm³/mol. The lowest BCUT2D eigenvalue weighted by Gasteiger charge is -2.63. The van der Waals surface area contributed by atoms with E-state index in [0.717, 1.165) is 55.7 Å². The number of methoxy groups -OCH3 is 1. The van der Waals surface area contributed by atoms with Gasteiger partial charge in [-0.1, -0.05) is 19.1 Å². The number of furan rings is 1. The van der Waals surface area contributed by atoms with Crippen molar-refractivity contribution < 1.29 is 33.3 Å². The number of cyclic esters (lactones) is 1. The van der Waals surface area contributed by atoms with Gasteiger partial charge >= 0.3 is 5.97 Å². The highest BCUT2D eigenvalue weighted by Gasteiger charge is 2.73. The summed E-state index contributed by atoms with van der Waals surface area (Å²) in [5.41, 5.74) is 0.167. The lowest BCUT2D eigenvalue weighted by molar-refractivity contribution is -0.171. The maximum Gasteiger partial charge on any atom is 0.331 e. The SMILES string of the molecule is COc1cccc(CCNCCC2OC(C)(C)[C@@H]3CC(=O)[C@@]4(C)C5=CC(=O)O[C@@H](c6ccoc6)[C@]5(C)CC[C@@H]4C23CO)c1. The van der Waals surface area contributed by atoms with E-state index in [1.165, 1.54) is 5.56 Å². The third kappa shape index (κ3) is 4.59. The van der Waals surface area contributed by atoms with Crippen LogP contribution in [0, 0.1) is 28.1 Å². The molecule has 8 heteroatoms. The van der Waals surface area contributed by atoms with Crippen LogP contribution < -0.4 is 10.1 Å². The van der Waals surface area contributed by atoms with E-state index in [0.29, 0.717) is 6.42 Å². The van der Waals surface area contributed by atoms with Crippen LogP contribution in [-0.2, 0) is 25.5 Å². The number of carbonyl (C=O) groups is 2. The minimum absolute atomic E-state index is 0.0668. The molecule has 1 aromatic heterocycles. The standard InChI is InChI=1S/C35H45NO7/c1-32(2)26-18-28(38)34(4)25(9-13-33(3)27(34)19-30(39)42-31(33)23-12-16-41-20-23)35(26,21-37)29(43-32)11-15-36-14-10-22-7-6-8-24(17-22)40-5/h6-8,12,16-17,19-20,25-26,29,31,36-37H,9-11,13-15,18,21H2,1-5H3/t25-,26-,29?,31-,33+,34+,35?/m0/s1. The third-order valence-corrected chi connectivity index (χ3v) is 11.5. The molecule has 1 saturated heterocycles. The summed E-state index contributed by atoms with van der Waals surface area (Å²) in [6.07, 6.45) is 7.35. The normalized spacial score (nSPS) is 36.3. The number of rotatable bonds is 9. The molecule has 8 nitrogen and oxygen atoms in total. The molecule has 3 heterocycles. The largest absolute Gasteiger partial charge is 0.497 e. The zero-order chi connectivity index (χ0) is 30.6. The van der Waals surface area contributed by atoms with Gasteiger partial charge in [0.05, 0.1) is 43.4 Å². The van der Waals surface area contributed by atoms with E-state index >= 15 is 0 Å². The number of hydrogen-bond donors (Lipinski definition) is 2. The van der Waals surface area contributed by atoms with E-state index in [1.807, 2.05) is 25.1 Å². The molecule has 2 aromatic rings.